The molecule has 0 unspecified atom stereocenters. The van der Waals surface area contributed by atoms with Gasteiger partial charge in [0.05, 0.1) is 14.4 Å². The van der Waals surface area contributed by atoms with Crippen molar-refractivity contribution in [2.24, 2.45) is 0 Å². The van der Waals surface area contributed by atoms with E-state index in [4.69, 9.17) is 16.3 Å². The van der Waals surface area contributed by atoms with Crippen molar-refractivity contribution in [1.29, 1.82) is 0 Å². The van der Waals surface area contributed by atoms with Crippen molar-refractivity contribution in [1.82, 2.24) is 4.90 Å². The maximum Gasteiger partial charge on any atom is 0.293 e. The van der Waals surface area contributed by atoms with Crippen molar-refractivity contribution < 1.29 is 18.7 Å². The van der Waals surface area contributed by atoms with Crippen LogP contribution in [0.5, 0.6) is 5.75 Å². The molecule has 1 aliphatic heterocycles. The lowest BCUT2D eigenvalue weighted by Crippen LogP contribution is -2.22. The van der Waals surface area contributed by atoms with Gasteiger partial charge in [-0.2, -0.15) is 0 Å². The first-order valence-corrected chi connectivity index (χ1v) is 9.42. The third-order valence-electron chi connectivity index (χ3n) is 3.60. The average molecular weight is 457 g/mol. The first-order valence-electron chi connectivity index (χ1n) is 7.43. The Hall–Kier alpha value is -1.83. The van der Waals surface area contributed by atoms with Crippen molar-refractivity contribution >= 4 is 56.5 Å². The average Bonchev–Trinajstić information content (AvgIpc) is 2.83. The molecule has 0 radical (unpaired) electrons. The lowest BCUT2D eigenvalue weighted by molar-refractivity contribution is -0.121. The van der Waals surface area contributed by atoms with Gasteiger partial charge in [-0.3, -0.25) is 14.5 Å². The molecule has 0 N–H and O–H groups in total. The Morgan fingerprint density at radius 3 is 2.54 bits per heavy atom. The molecule has 3 rings (SSSR count). The van der Waals surface area contributed by atoms with E-state index in [-0.39, 0.29) is 23.6 Å². The molecule has 4 nitrogen and oxygen atoms in total. The fraction of sp³-hybridized carbons (Fsp3) is 0.111. The third kappa shape index (κ3) is 4.11. The molecule has 0 saturated carbocycles. The molecule has 2 aromatic carbocycles. The molecule has 1 heterocycles. The number of benzene rings is 2. The summed E-state index contributed by atoms with van der Waals surface area (Å²) in [5, 5.41) is 0.0362. The van der Waals surface area contributed by atoms with Crippen molar-refractivity contribution in [2.75, 3.05) is 7.05 Å². The predicted octanol–water partition coefficient (Wildman–Crippen LogP) is 5.49. The highest BCUT2D eigenvalue weighted by Gasteiger charge is 2.31. The molecule has 0 spiro atoms. The van der Waals surface area contributed by atoms with Crippen LogP contribution >= 0.6 is 39.3 Å². The Morgan fingerprint density at radius 2 is 1.96 bits per heavy atom. The summed E-state index contributed by atoms with van der Waals surface area (Å²) in [6, 6.07) is 9.38. The summed E-state index contributed by atoms with van der Waals surface area (Å²) in [7, 11) is 1.44. The quantitative estimate of drug-likeness (QED) is 0.571. The van der Waals surface area contributed by atoms with Crippen molar-refractivity contribution in [3.63, 3.8) is 0 Å². The standard InChI is InChI=1S/C18H12BrClFNO3S/c1-22-17(23)15(26-18(22)24)8-11-6-13(19)16(14(20)7-11)25-9-10-2-4-12(21)5-3-10/h2-8H,9H2,1H3/b15-8-. The molecule has 2 aromatic rings. The smallest absolute Gasteiger partial charge is 0.293 e. The summed E-state index contributed by atoms with van der Waals surface area (Å²) in [6.07, 6.45) is 1.61. The monoisotopic (exact) mass is 455 g/mol. The maximum absolute atomic E-state index is 12.9. The Labute approximate surface area is 167 Å². The lowest BCUT2D eigenvalue weighted by atomic mass is 10.2. The fourth-order valence-electron chi connectivity index (χ4n) is 2.23. The molecular weight excluding hydrogens is 445 g/mol. The van der Waals surface area contributed by atoms with Gasteiger partial charge in [0, 0.05) is 7.05 Å². The summed E-state index contributed by atoms with van der Waals surface area (Å²) >= 11 is 10.6. The number of ether oxygens (including phenoxy) is 1. The maximum atomic E-state index is 12.9. The summed E-state index contributed by atoms with van der Waals surface area (Å²) in [4.78, 5) is 24.9. The summed E-state index contributed by atoms with van der Waals surface area (Å²) < 4.78 is 19.3. The number of rotatable bonds is 4. The zero-order chi connectivity index (χ0) is 18.8. The zero-order valence-electron chi connectivity index (χ0n) is 13.5. The number of hydrogen-bond acceptors (Lipinski definition) is 4. The van der Waals surface area contributed by atoms with E-state index in [1.165, 1.54) is 19.2 Å². The van der Waals surface area contributed by atoms with Crippen LogP contribution in [0.1, 0.15) is 11.1 Å². The van der Waals surface area contributed by atoms with E-state index in [2.05, 4.69) is 15.9 Å². The molecule has 0 aromatic heterocycles. The van der Waals surface area contributed by atoms with Crippen molar-refractivity contribution in [3.8, 4) is 5.75 Å². The van der Waals surface area contributed by atoms with Gasteiger partial charge in [0.25, 0.3) is 11.1 Å². The summed E-state index contributed by atoms with van der Waals surface area (Å²) in [5.41, 5.74) is 1.46. The molecule has 1 aliphatic rings. The van der Waals surface area contributed by atoms with Gasteiger partial charge < -0.3 is 4.74 Å². The highest BCUT2D eigenvalue weighted by Crippen LogP contribution is 2.37. The first kappa shape index (κ1) is 18.9. The van der Waals surface area contributed by atoms with E-state index in [0.717, 1.165) is 22.2 Å². The zero-order valence-corrected chi connectivity index (χ0v) is 16.6. The Morgan fingerprint density at radius 1 is 1.27 bits per heavy atom. The van der Waals surface area contributed by atoms with Crippen molar-refractivity contribution in [3.05, 3.63) is 67.7 Å². The van der Waals surface area contributed by atoms with Crippen LogP contribution in [0.25, 0.3) is 6.08 Å². The molecule has 134 valence electrons. The number of hydrogen-bond donors (Lipinski definition) is 0. The normalized spacial score (nSPS) is 15.8. The minimum atomic E-state index is -0.344. The lowest BCUT2D eigenvalue weighted by Gasteiger charge is -2.11. The largest absolute Gasteiger partial charge is 0.486 e. The number of carbonyl (C=O) groups excluding carboxylic acids is 2. The number of likely N-dealkylation sites (N-methyl/N-ethyl adjacent to an activating group) is 1. The summed E-state index contributed by atoms with van der Waals surface area (Å²) in [6.45, 7) is 0.229. The van der Waals surface area contributed by atoms with Crippen LogP contribution in [0.3, 0.4) is 0 Å². The molecule has 8 heteroatoms. The van der Waals surface area contributed by atoms with Crippen LogP contribution in [0.15, 0.2) is 45.8 Å². The number of nitrogens with zero attached hydrogens (tertiary/aromatic N) is 1. The number of halogens is 3. The molecule has 0 aliphatic carbocycles. The SMILES string of the molecule is CN1C(=O)S/C(=C\c2cc(Cl)c(OCc3ccc(F)cc3)c(Br)c2)C1=O. The minimum absolute atomic E-state index is 0.229. The van der Waals surface area contributed by atoms with Gasteiger partial charge in [0.1, 0.15) is 12.4 Å². The Bertz CT molecular complexity index is 894. The topological polar surface area (TPSA) is 46.6 Å². The van der Waals surface area contributed by atoms with Gasteiger partial charge >= 0.3 is 0 Å². The highest BCUT2D eigenvalue weighted by molar-refractivity contribution is 9.10. The van der Waals surface area contributed by atoms with Crippen LogP contribution in [0.4, 0.5) is 9.18 Å². The molecule has 2 amide bonds. The van der Waals surface area contributed by atoms with E-state index in [1.54, 1.807) is 30.3 Å². The van der Waals surface area contributed by atoms with E-state index in [1.807, 2.05) is 0 Å². The van der Waals surface area contributed by atoms with Gasteiger partial charge in [0.2, 0.25) is 0 Å². The van der Waals surface area contributed by atoms with E-state index < -0.39 is 0 Å². The van der Waals surface area contributed by atoms with Crippen LogP contribution in [0, 0.1) is 5.82 Å². The number of carbonyl (C=O) groups is 2. The van der Waals surface area contributed by atoms with Gasteiger partial charge in [-0.05, 0) is 69.2 Å². The van der Waals surface area contributed by atoms with Gasteiger partial charge in [0.15, 0.2) is 5.75 Å². The first-order chi connectivity index (χ1) is 12.3. The third-order valence-corrected chi connectivity index (χ3v) is 5.43. The molecule has 0 atom stereocenters. The van der Waals surface area contributed by atoms with Crippen LogP contribution in [0.2, 0.25) is 5.02 Å². The second-order valence-electron chi connectivity index (χ2n) is 5.47. The van der Waals surface area contributed by atoms with Gasteiger partial charge in [-0.1, -0.05) is 23.7 Å². The van der Waals surface area contributed by atoms with Crippen LogP contribution in [-0.2, 0) is 11.4 Å². The molecule has 26 heavy (non-hydrogen) atoms. The van der Waals surface area contributed by atoms with Crippen LogP contribution in [-0.4, -0.2) is 23.1 Å². The second-order valence-corrected chi connectivity index (χ2v) is 7.72. The molecule has 1 fully saturated rings. The molecule has 0 bridgehead atoms. The molecular formula is C18H12BrClFNO3S. The Kier molecular flexibility index (Phi) is 5.70. The van der Waals surface area contributed by atoms with Gasteiger partial charge in [-0.15, -0.1) is 0 Å². The molecule has 1 saturated heterocycles. The number of imide groups is 1. The number of amides is 2. The number of thioether (sulfide) groups is 1. The van der Waals surface area contributed by atoms with Gasteiger partial charge in [-0.25, -0.2) is 4.39 Å². The predicted molar refractivity (Wildman–Crippen MR) is 104 cm³/mol. The van der Waals surface area contributed by atoms with Crippen molar-refractivity contribution in [2.45, 2.75) is 6.61 Å². The fourth-order valence-corrected chi connectivity index (χ4v) is 4.05. The van der Waals surface area contributed by atoms with Crippen LogP contribution < -0.4 is 4.74 Å². The summed E-state index contributed by atoms with van der Waals surface area (Å²) in [5.74, 6) is -0.213. The minimum Gasteiger partial charge on any atom is -0.486 e. The van der Waals surface area contributed by atoms with E-state index in [0.29, 0.717) is 25.7 Å². The van der Waals surface area contributed by atoms with E-state index >= 15 is 0 Å². The second kappa shape index (κ2) is 7.82. The highest BCUT2D eigenvalue weighted by atomic mass is 79.9. The van der Waals surface area contributed by atoms with E-state index in [9.17, 15) is 14.0 Å². The Balaban J connectivity index is 1.79.